The molecule has 0 atom stereocenters. The van der Waals surface area contributed by atoms with Gasteiger partial charge in [0.25, 0.3) is 5.91 Å². The van der Waals surface area contributed by atoms with Crippen LogP contribution in [0, 0.1) is 5.92 Å². The summed E-state index contributed by atoms with van der Waals surface area (Å²) in [6.07, 6.45) is 2.10. The van der Waals surface area contributed by atoms with Crippen LogP contribution in [0.25, 0.3) is 0 Å². The maximum absolute atomic E-state index is 12.2. The molecule has 1 aromatic rings. The fraction of sp³-hybridized carbons (Fsp3) is 0.615. The number of hydrogen-bond acceptors (Lipinski definition) is 5. The molecule has 104 valence electrons. The van der Waals surface area contributed by atoms with Gasteiger partial charge in [-0.1, -0.05) is 0 Å². The summed E-state index contributed by atoms with van der Waals surface area (Å²) in [6.45, 7) is 2.68. The molecule has 0 radical (unpaired) electrons. The molecule has 0 bridgehead atoms. The van der Waals surface area contributed by atoms with Gasteiger partial charge in [0, 0.05) is 19.6 Å². The second-order valence-electron chi connectivity index (χ2n) is 5.34. The number of piperidine rings is 1. The largest absolute Gasteiger partial charge is 0.382 e. The highest BCUT2D eigenvalue weighted by molar-refractivity contribution is 5.92. The Hall–Kier alpha value is -1.69. The molecule has 0 unspecified atom stereocenters. The molecule has 1 amide bonds. The lowest BCUT2D eigenvalue weighted by Gasteiger charge is -2.32. The van der Waals surface area contributed by atoms with Gasteiger partial charge >= 0.3 is 0 Å². The minimum Gasteiger partial charge on any atom is -0.382 e. The summed E-state index contributed by atoms with van der Waals surface area (Å²) in [7, 11) is 4.17. The van der Waals surface area contributed by atoms with Gasteiger partial charge in [0.2, 0.25) is 0 Å². The number of carbonyl (C=O) groups is 1. The van der Waals surface area contributed by atoms with Gasteiger partial charge < -0.3 is 15.5 Å². The number of amides is 1. The molecule has 1 aliphatic heterocycles. The fourth-order valence-corrected chi connectivity index (χ4v) is 2.45. The molecule has 1 fully saturated rings. The van der Waals surface area contributed by atoms with Crippen molar-refractivity contribution >= 4 is 11.7 Å². The SMILES string of the molecule is CN(C)CC1CCN(C(=O)c2ccc(N)nn2)CC1. The van der Waals surface area contributed by atoms with E-state index in [1.54, 1.807) is 12.1 Å². The fourth-order valence-electron chi connectivity index (χ4n) is 2.45. The predicted octanol–water partition coefficient (Wildman–Crippen LogP) is 0.473. The van der Waals surface area contributed by atoms with E-state index in [4.69, 9.17) is 5.73 Å². The van der Waals surface area contributed by atoms with Crippen molar-refractivity contribution in [3.05, 3.63) is 17.8 Å². The number of likely N-dealkylation sites (tertiary alicyclic amines) is 1. The summed E-state index contributed by atoms with van der Waals surface area (Å²) in [5.74, 6) is 0.966. The van der Waals surface area contributed by atoms with Crippen molar-refractivity contribution < 1.29 is 4.79 Å². The summed E-state index contributed by atoms with van der Waals surface area (Å²) in [5.41, 5.74) is 5.84. The minimum absolute atomic E-state index is 0.0456. The predicted molar refractivity (Wildman–Crippen MR) is 73.6 cm³/mol. The van der Waals surface area contributed by atoms with Crippen molar-refractivity contribution in [3.63, 3.8) is 0 Å². The quantitative estimate of drug-likeness (QED) is 0.858. The van der Waals surface area contributed by atoms with Gasteiger partial charge in [0.1, 0.15) is 5.82 Å². The van der Waals surface area contributed by atoms with E-state index in [2.05, 4.69) is 29.2 Å². The molecule has 1 aromatic heterocycles. The first-order valence-corrected chi connectivity index (χ1v) is 6.59. The third-order valence-corrected chi connectivity index (χ3v) is 3.43. The van der Waals surface area contributed by atoms with Crippen molar-refractivity contribution in [3.8, 4) is 0 Å². The van der Waals surface area contributed by atoms with E-state index < -0.39 is 0 Å². The molecule has 0 saturated carbocycles. The van der Waals surface area contributed by atoms with Crippen LogP contribution in [0.15, 0.2) is 12.1 Å². The van der Waals surface area contributed by atoms with Crippen molar-refractivity contribution in [2.75, 3.05) is 39.5 Å². The molecular formula is C13H21N5O. The van der Waals surface area contributed by atoms with E-state index in [-0.39, 0.29) is 5.91 Å². The van der Waals surface area contributed by atoms with Crippen LogP contribution in [-0.4, -0.2) is 59.6 Å². The average molecular weight is 263 g/mol. The van der Waals surface area contributed by atoms with E-state index in [9.17, 15) is 4.79 Å². The van der Waals surface area contributed by atoms with Crippen molar-refractivity contribution in [2.45, 2.75) is 12.8 Å². The van der Waals surface area contributed by atoms with Gasteiger partial charge in [-0.05, 0) is 45.0 Å². The summed E-state index contributed by atoms with van der Waals surface area (Å²) in [5, 5.41) is 7.57. The summed E-state index contributed by atoms with van der Waals surface area (Å²) in [6, 6.07) is 3.25. The maximum atomic E-state index is 12.2. The normalized spacial score (nSPS) is 16.9. The molecule has 2 rings (SSSR count). The number of aromatic nitrogens is 2. The van der Waals surface area contributed by atoms with Crippen molar-refractivity contribution in [1.29, 1.82) is 0 Å². The first-order chi connectivity index (χ1) is 9.06. The lowest BCUT2D eigenvalue weighted by atomic mass is 9.96. The highest BCUT2D eigenvalue weighted by Gasteiger charge is 2.24. The van der Waals surface area contributed by atoms with Crippen LogP contribution in [0.3, 0.4) is 0 Å². The first-order valence-electron chi connectivity index (χ1n) is 6.59. The Morgan fingerprint density at radius 1 is 1.37 bits per heavy atom. The number of carbonyl (C=O) groups excluding carboxylic acids is 1. The van der Waals surface area contributed by atoms with E-state index >= 15 is 0 Å². The third-order valence-electron chi connectivity index (χ3n) is 3.43. The van der Waals surface area contributed by atoms with E-state index in [0.717, 1.165) is 32.5 Å². The summed E-state index contributed by atoms with van der Waals surface area (Å²) < 4.78 is 0. The van der Waals surface area contributed by atoms with Gasteiger partial charge in [-0.2, -0.15) is 0 Å². The van der Waals surface area contributed by atoms with E-state index in [1.807, 2.05) is 4.90 Å². The Labute approximate surface area is 113 Å². The minimum atomic E-state index is -0.0456. The lowest BCUT2D eigenvalue weighted by molar-refractivity contribution is 0.0671. The van der Waals surface area contributed by atoms with Crippen LogP contribution in [0.4, 0.5) is 5.82 Å². The van der Waals surface area contributed by atoms with Gasteiger partial charge in [-0.25, -0.2) is 0 Å². The average Bonchev–Trinajstić information content (AvgIpc) is 2.39. The number of nitrogens with two attached hydrogens (primary N) is 1. The van der Waals surface area contributed by atoms with Gasteiger partial charge in [0.15, 0.2) is 5.69 Å². The van der Waals surface area contributed by atoms with Gasteiger partial charge in [0.05, 0.1) is 0 Å². The number of nitrogens with zero attached hydrogens (tertiary/aromatic N) is 4. The van der Waals surface area contributed by atoms with Crippen LogP contribution < -0.4 is 5.73 Å². The first kappa shape index (κ1) is 13.7. The highest BCUT2D eigenvalue weighted by Crippen LogP contribution is 2.19. The Balaban J connectivity index is 1.90. The van der Waals surface area contributed by atoms with Crippen LogP contribution in [0.2, 0.25) is 0 Å². The monoisotopic (exact) mass is 263 g/mol. The molecule has 2 N–H and O–H groups in total. The topological polar surface area (TPSA) is 75.3 Å². The number of anilines is 1. The Kier molecular flexibility index (Phi) is 4.31. The molecule has 19 heavy (non-hydrogen) atoms. The van der Waals surface area contributed by atoms with Crippen molar-refractivity contribution in [1.82, 2.24) is 20.0 Å². The molecule has 2 heterocycles. The molecule has 1 saturated heterocycles. The third kappa shape index (κ3) is 3.64. The molecule has 0 aliphatic carbocycles. The van der Waals surface area contributed by atoms with Crippen LogP contribution >= 0.6 is 0 Å². The number of nitrogen functional groups attached to an aromatic ring is 1. The Morgan fingerprint density at radius 2 is 2.05 bits per heavy atom. The maximum Gasteiger partial charge on any atom is 0.274 e. The highest BCUT2D eigenvalue weighted by atomic mass is 16.2. The van der Waals surface area contributed by atoms with E-state index in [1.165, 1.54) is 0 Å². The number of hydrogen-bond donors (Lipinski definition) is 1. The van der Waals surface area contributed by atoms with E-state index in [0.29, 0.717) is 17.4 Å². The molecule has 0 spiro atoms. The lowest BCUT2D eigenvalue weighted by Crippen LogP contribution is -2.41. The van der Waals surface area contributed by atoms with Gasteiger partial charge in [-0.15, -0.1) is 10.2 Å². The zero-order valence-corrected chi connectivity index (χ0v) is 11.5. The second kappa shape index (κ2) is 5.97. The number of rotatable bonds is 3. The summed E-state index contributed by atoms with van der Waals surface area (Å²) >= 11 is 0. The van der Waals surface area contributed by atoms with Crippen molar-refractivity contribution in [2.24, 2.45) is 5.92 Å². The van der Waals surface area contributed by atoms with Crippen LogP contribution in [-0.2, 0) is 0 Å². The van der Waals surface area contributed by atoms with Crippen LogP contribution in [0.1, 0.15) is 23.3 Å². The zero-order chi connectivity index (χ0) is 13.8. The molecular weight excluding hydrogens is 242 g/mol. The smallest absolute Gasteiger partial charge is 0.274 e. The molecule has 6 heteroatoms. The summed E-state index contributed by atoms with van der Waals surface area (Å²) in [4.78, 5) is 16.3. The zero-order valence-electron chi connectivity index (χ0n) is 11.5. The second-order valence-corrected chi connectivity index (χ2v) is 5.34. The molecule has 1 aliphatic rings. The standard InChI is InChI=1S/C13H21N5O/c1-17(2)9-10-5-7-18(8-6-10)13(19)11-3-4-12(14)16-15-11/h3-4,10H,5-9H2,1-2H3,(H2,14,16). The van der Waals surface area contributed by atoms with Crippen LogP contribution in [0.5, 0.6) is 0 Å². The Morgan fingerprint density at radius 3 is 2.58 bits per heavy atom. The molecule has 0 aromatic carbocycles. The molecule has 6 nitrogen and oxygen atoms in total. The Bertz CT molecular complexity index is 423. The van der Waals surface area contributed by atoms with Gasteiger partial charge in [-0.3, -0.25) is 4.79 Å².